The Morgan fingerprint density at radius 3 is 2.58 bits per heavy atom. The summed E-state index contributed by atoms with van der Waals surface area (Å²) in [4.78, 5) is 3.92. The summed E-state index contributed by atoms with van der Waals surface area (Å²) >= 11 is 4.85. The number of thiocarbonyl (C=S) groups is 1. The molecule has 2 heterocycles. The minimum Gasteiger partial charge on any atom is -0.492 e. The number of nitrogens with zero attached hydrogens (tertiary/aromatic N) is 5. The van der Waals surface area contributed by atoms with E-state index in [-0.39, 0.29) is 22.4 Å². The SMILES string of the molecule is NC(=S)n1nc(-c2ccc(F)cc2)c(/N=N/c2cccnc2)c1O. The van der Waals surface area contributed by atoms with Gasteiger partial charge in [0.2, 0.25) is 5.88 Å². The lowest BCUT2D eigenvalue weighted by Gasteiger charge is -1.98. The molecular formula is C15H11FN6OS. The summed E-state index contributed by atoms with van der Waals surface area (Å²) in [5.74, 6) is -0.746. The molecule has 9 heteroatoms. The normalized spacial score (nSPS) is 11.0. The van der Waals surface area contributed by atoms with Crippen molar-refractivity contribution in [2.45, 2.75) is 0 Å². The standard InChI is InChI=1S/C15H11FN6OS/c16-10-5-3-9(4-6-10)12-13(14(23)22(21-12)15(17)24)20-19-11-2-1-7-18-8-11/h1-8,23H,(H2,17,24)/b20-19+. The van der Waals surface area contributed by atoms with Gasteiger partial charge >= 0.3 is 0 Å². The minimum absolute atomic E-state index is 0.0678. The van der Waals surface area contributed by atoms with Crippen molar-refractivity contribution < 1.29 is 9.50 Å². The predicted molar refractivity (Wildman–Crippen MR) is 89.9 cm³/mol. The monoisotopic (exact) mass is 342 g/mol. The third-order valence-electron chi connectivity index (χ3n) is 3.07. The van der Waals surface area contributed by atoms with Crippen LogP contribution in [0.25, 0.3) is 11.3 Å². The molecule has 3 aromatic rings. The van der Waals surface area contributed by atoms with Gasteiger partial charge in [-0.15, -0.1) is 10.2 Å². The molecule has 0 unspecified atom stereocenters. The number of azo groups is 1. The summed E-state index contributed by atoms with van der Waals surface area (Å²) in [6.45, 7) is 0. The van der Waals surface area contributed by atoms with E-state index in [1.54, 1.807) is 18.3 Å². The Balaban J connectivity index is 2.11. The van der Waals surface area contributed by atoms with Crippen LogP contribution in [0.2, 0.25) is 0 Å². The second-order valence-electron chi connectivity index (χ2n) is 4.69. The summed E-state index contributed by atoms with van der Waals surface area (Å²) in [6, 6.07) is 8.95. The number of aromatic nitrogens is 3. The molecule has 0 saturated heterocycles. The van der Waals surface area contributed by atoms with E-state index in [0.717, 1.165) is 4.68 Å². The molecule has 1 aromatic carbocycles. The van der Waals surface area contributed by atoms with Crippen LogP contribution >= 0.6 is 12.2 Å². The Labute approximate surface area is 141 Å². The van der Waals surface area contributed by atoms with E-state index in [1.807, 2.05) is 0 Å². The van der Waals surface area contributed by atoms with Crippen LogP contribution in [0.5, 0.6) is 5.88 Å². The van der Waals surface area contributed by atoms with Gasteiger partial charge in [-0.2, -0.15) is 9.78 Å². The number of halogens is 1. The highest BCUT2D eigenvalue weighted by Crippen LogP contribution is 2.38. The van der Waals surface area contributed by atoms with E-state index in [4.69, 9.17) is 18.0 Å². The Morgan fingerprint density at radius 1 is 1.21 bits per heavy atom. The summed E-state index contributed by atoms with van der Waals surface area (Å²) in [5.41, 5.74) is 6.90. The fourth-order valence-corrected chi connectivity index (χ4v) is 2.10. The fourth-order valence-electron chi connectivity index (χ4n) is 1.97. The number of nitrogens with two attached hydrogens (primary N) is 1. The van der Waals surface area contributed by atoms with Gasteiger partial charge in [0, 0.05) is 11.8 Å². The Kier molecular flexibility index (Phi) is 4.25. The van der Waals surface area contributed by atoms with Crippen LogP contribution in [0.15, 0.2) is 59.0 Å². The van der Waals surface area contributed by atoms with Crippen molar-refractivity contribution in [3.05, 3.63) is 54.6 Å². The van der Waals surface area contributed by atoms with Gasteiger partial charge in [0.1, 0.15) is 17.2 Å². The number of benzene rings is 1. The van der Waals surface area contributed by atoms with Crippen molar-refractivity contribution in [2.24, 2.45) is 16.0 Å². The molecule has 0 aliphatic heterocycles. The predicted octanol–water partition coefficient (Wildman–Crippen LogP) is 3.30. The fraction of sp³-hybridized carbons (Fsp3) is 0. The van der Waals surface area contributed by atoms with Crippen LogP contribution in [0, 0.1) is 5.82 Å². The lowest BCUT2D eigenvalue weighted by atomic mass is 10.1. The van der Waals surface area contributed by atoms with Crippen LogP contribution < -0.4 is 5.73 Å². The highest BCUT2D eigenvalue weighted by Gasteiger charge is 2.20. The zero-order chi connectivity index (χ0) is 17.1. The van der Waals surface area contributed by atoms with Crippen molar-refractivity contribution in [1.82, 2.24) is 14.8 Å². The molecule has 0 spiro atoms. The van der Waals surface area contributed by atoms with E-state index in [1.165, 1.54) is 30.5 Å². The highest BCUT2D eigenvalue weighted by atomic mass is 32.1. The molecule has 120 valence electrons. The first-order valence-corrected chi connectivity index (χ1v) is 7.16. The Morgan fingerprint density at radius 2 is 1.96 bits per heavy atom. The van der Waals surface area contributed by atoms with Gasteiger partial charge in [0.15, 0.2) is 10.8 Å². The lowest BCUT2D eigenvalue weighted by Crippen LogP contribution is -2.19. The maximum Gasteiger partial charge on any atom is 0.245 e. The molecule has 0 radical (unpaired) electrons. The largest absolute Gasteiger partial charge is 0.492 e. The van der Waals surface area contributed by atoms with Crippen LogP contribution in [-0.2, 0) is 0 Å². The van der Waals surface area contributed by atoms with E-state index in [9.17, 15) is 9.50 Å². The van der Waals surface area contributed by atoms with E-state index >= 15 is 0 Å². The summed E-state index contributed by atoms with van der Waals surface area (Å²) in [5, 5.41) is 22.3. The van der Waals surface area contributed by atoms with Gasteiger partial charge in [-0.1, -0.05) is 0 Å². The number of aromatic hydroxyl groups is 1. The third kappa shape index (κ3) is 3.10. The van der Waals surface area contributed by atoms with Gasteiger partial charge in [-0.25, -0.2) is 4.39 Å². The number of hydrogen-bond acceptors (Lipinski definition) is 6. The van der Waals surface area contributed by atoms with Gasteiger partial charge in [-0.3, -0.25) is 4.98 Å². The van der Waals surface area contributed by atoms with Crippen molar-refractivity contribution in [2.75, 3.05) is 0 Å². The van der Waals surface area contributed by atoms with Crippen LogP contribution in [0.1, 0.15) is 0 Å². The molecule has 0 amide bonds. The van der Waals surface area contributed by atoms with Crippen LogP contribution in [-0.4, -0.2) is 25.0 Å². The second kappa shape index (κ2) is 6.50. The molecule has 0 atom stereocenters. The Hall–Kier alpha value is -3.20. The topological polar surface area (TPSA) is 102 Å². The zero-order valence-corrected chi connectivity index (χ0v) is 13.0. The molecular weight excluding hydrogens is 331 g/mol. The third-order valence-corrected chi connectivity index (χ3v) is 3.25. The Bertz CT molecular complexity index is 908. The first-order chi connectivity index (χ1) is 11.6. The molecule has 3 N–H and O–H groups in total. The van der Waals surface area contributed by atoms with E-state index in [0.29, 0.717) is 11.3 Å². The molecule has 0 fully saturated rings. The maximum atomic E-state index is 13.1. The quantitative estimate of drug-likeness (QED) is 0.562. The summed E-state index contributed by atoms with van der Waals surface area (Å²) in [6.07, 6.45) is 3.11. The molecule has 24 heavy (non-hydrogen) atoms. The average Bonchev–Trinajstić information content (AvgIpc) is 2.91. The van der Waals surface area contributed by atoms with E-state index in [2.05, 4.69) is 20.3 Å². The van der Waals surface area contributed by atoms with Gasteiger partial charge < -0.3 is 10.8 Å². The van der Waals surface area contributed by atoms with Crippen LogP contribution in [0.3, 0.4) is 0 Å². The van der Waals surface area contributed by atoms with E-state index < -0.39 is 5.82 Å². The first-order valence-electron chi connectivity index (χ1n) is 6.76. The molecule has 7 nitrogen and oxygen atoms in total. The van der Waals surface area contributed by atoms with Gasteiger partial charge in [0.25, 0.3) is 0 Å². The minimum atomic E-state index is -0.393. The molecule has 0 aliphatic rings. The zero-order valence-electron chi connectivity index (χ0n) is 12.2. The lowest BCUT2D eigenvalue weighted by molar-refractivity contribution is 0.440. The summed E-state index contributed by atoms with van der Waals surface area (Å²) in [7, 11) is 0. The summed E-state index contributed by atoms with van der Waals surface area (Å²) < 4.78 is 14.1. The van der Waals surface area contributed by atoms with Gasteiger partial charge in [-0.05, 0) is 48.6 Å². The molecule has 0 aliphatic carbocycles. The average molecular weight is 342 g/mol. The van der Waals surface area contributed by atoms with Crippen molar-refractivity contribution in [1.29, 1.82) is 0 Å². The van der Waals surface area contributed by atoms with Gasteiger partial charge in [0.05, 0.1) is 6.20 Å². The second-order valence-corrected chi connectivity index (χ2v) is 5.11. The van der Waals surface area contributed by atoms with Crippen molar-refractivity contribution >= 4 is 28.7 Å². The molecule has 0 bridgehead atoms. The molecule has 0 saturated carbocycles. The number of pyridine rings is 1. The number of hydrogen-bond donors (Lipinski definition) is 2. The first kappa shape index (κ1) is 15.7. The number of rotatable bonds is 3. The highest BCUT2D eigenvalue weighted by molar-refractivity contribution is 7.80. The van der Waals surface area contributed by atoms with Crippen LogP contribution in [0.4, 0.5) is 15.8 Å². The van der Waals surface area contributed by atoms with Crippen molar-refractivity contribution in [3.63, 3.8) is 0 Å². The maximum absolute atomic E-state index is 13.1. The smallest absolute Gasteiger partial charge is 0.245 e. The molecule has 2 aromatic heterocycles. The molecule has 3 rings (SSSR count). The van der Waals surface area contributed by atoms with Crippen molar-refractivity contribution in [3.8, 4) is 17.1 Å².